The molecular weight excluding hydrogens is 492 g/mol. The Morgan fingerprint density at radius 3 is 2.60 bits per heavy atom. The van der Waals surface area contributed by atoms with E-state index in [1.54, 1.807) is 17.0 Å². The maximum atomic E-state index is 13.3. The number of piperidine rings is 1. The molecule has 10 nitrogen and oxygen atoms in total. The van der Waals surface area contributed by atoms with E-state index in [-0.39, 0.29) is 46.9 Å². The maximum Gasteiger partial charge on any atom is 0.276 e. The third kappa shape index (κ3) is 4.38. The minimum absolute atomic E-state index is 0.0785. The first-order valence-corrected chi connectivity index (χ1v) is 13.3. The molecule has 3 heterocycles. The zero-order chi connectivity index (χ0) is 24.8. The molecule has 2 aromatic rings. The van der Waals surface area contributed by atoms with Crippen LogP contribution in [0, 0.1) is 18.3 Å². The lowest BCUT2D eigenvalue weighted by Gasteiger charge is -2.34. The molecule has 2 amide bonds. The van der Waals surface area contributed by atoms with E-state index < -0.39 is 15.4 Å². The highest BCUT2D eigenvalue weighted by Crippen LogP contribution is 2.55. The van der Waals surface area contributed by atoms with E-state index in [4.69, 9.17) is 11.6 Å². The molecule has 0 bridgehead atoms. The van der Waals surface area contributed by atoms with Gasteiger partial charge in [0.1, 0.15) is 0 Å². The number of nitrogens with zero attached hydrogens (tertiary/aromatic N) is 4. The van der Waals surface area contributed by atoms with Crippen LogP contribution >= 0.6 is 11.6 Å². The lowest BCUT2D eigenvalue weighted by Crippen LogP contribution is -2.48. The van der Waals surface area contributed by atoms with Gasteiger partial charge >= 0.3 is 0 Å². The van der Waals surface area contributed by atoms with Crippen molar-refractivity contribution in [1.29, 1.82) is 0 Å². The normalized spacial score (nSPS) is 23.9. The van der Waals surface area contributed by atoms with Crippen LogP contribution in [0.5, 0.6) is 0 Å². The number of hydrazone groups is 1. The molecule has 12 heteroatoms. The van der Waals surface area contributed by atoms with Crippen LogP contribution in [-0.2, 0) is 26.2 Å². The molecule has 184 valence electrons. The van der Waals surface area contributed by atoms with Gasteiger partial charge in [-0.15, -0.1) is 0 Å². The Labute approximate surface area is 208 Å². The van der Waals surface area contributed by atoms with Crippen LogP contribution in [0.2, 0.25) is 5.15 Å². The zero-order valence-corrected chi connectivity index (χ0v) is 20.6. The van der Waals surface area contributed by atoms with Crippen molar-refractivity contribution < 1.29 is 18.0 Å². The number of hydrogen-bond acceptors (Lipinski definition) is 7. The highest BCUT2D eigenvalue weighted by Gasteiger charge is 2.65. The number of hydrogen-bond donors (Lipinski definition) is 2. The minimum atomic E-state index is -3.86. The van der Waals surface area contributed by atoms with E-state index in [9.17, 15) is 18.0 Å². The molecule has 1 aromatic carbocycles. The second kappa shape index (κ2) is 8.87. The van der Waals surface area contributed by atoms with E-state index in [0.29, 0.717) is 37.1 Å². The van der Waals surface area contributed by atoms with Gasteiger partial charge in [-0.3, -0.25) is 14.6 Å². The first-order chi connectivity index (χ1) is 16.7. The smallest absolute Gasteiger partial charge is 0.276 e. The summed E-state index contributed by atoms with van der Waals surface area (Å²) in [5, 5.41) is 7.35. The molecule has 2 saturated heterocycles. The molecule has 1 aromatic heterocycles. The monoisotopic (exact) mass is 516 g/mol. The standard InChI is InChI=1S/C23H25ClN6O4S/c1-14-2-5-16(6-3-14)35(33,34)29-28-19-18-7-4-15(13-30(18)22(32)23(19)8-9-23)21(31)27-12-17-20(24)26-11-10-25-17/h2-3,5-6,10-11,15,18,29H,4,7-9,12-13H2,1H3,(H,27,31)/t15-,18-/m0/s1. The Morgan fingerprint density at radius 2 is 1.91 bits per heavy atom. The summed E-state index contributed by atoms with van der Waals surface area (Å²) in [7, 11) is -3.86. The van der Waals surface area contributed by atoms with Crippen LogP contribution in [0.1, 0.15) is 36.9 Å². The Kier molecular flexibility index (Phi) is 6.00. The summed E-state index contributed by atoms with van der Waals surface area (Å²) in [5.41, 5.74) is 1.23. The third-order valence-electron chi connectivity index (χ3n) is 6.95. The lowest BCUT2D eigenvalue weighted by molar-refractivity contribution is -0.137. The number of sulfonamides is 1. The minimum Gasteiger partial charge on any atom is -0.350 e. The third-order valence-corrected chi connectivity index (χ3v) is 8.49. The number of halogens is 1. The maximum absolute atomic E-state index is 13.3. The SMILES string of the molecule is Cc1ccc(S(=O)(=O)NN=C2[C@@H]3CC[C@H](C(=O)NCc4nccnc4Cl)CN3C(=O)C23CC3)cc1. The average molecular weight is 517 g/mol. The van der Waals surface area contributed by atoms with E-state index in [1.807, 2.05) is 6.92 Å². The number of fused-ring (bicyclic) bond motifs is 1. The number of amides is 2. The number of aromatic nitrogens is 2. The van der Waals surface area contributed by atoms with Gasteiger partial charge in [-0.2, -0.15) is 13.5 Å². The molecule has 1 saturated carbocycles. The second-order valence-electron chi connectivity index (χ2n) is 9.25. The van der Waals surface area contributed by atoms with Gasteiger partial charge in [-0.1, -0.05) is 29.3 Å². The average Bonchev–Trinajstić information content (AvgIpc) is 3.61. The Bertz CT molecular complexity index is 1310. The molecule has 2 aliphatic heterocycles. The number of aryl methyl sites for hydroxylation is 1. The van der Waals surface area contributed by atoms with Crippen molar-refractivity contribution in [3.05, 3.63) is 53.1 Å². The summed E-state index contributed by atoms with van der Waals surface area (Å²) >= 11 is 6.01. The molecule has 1 aliphatic carbocycles. The van der Waals surface area contributed by atoms with Gasteiger partial charge in [0.25, 0.3) is 10.0 Å². The fourth-order valence-corrected chi connectivity index (χ4v) is 5.83. The highest BCUT2D eigenvalue weighted by atomic mass is 35.5. The fourth-order valence-electron chi connectivity index (χ4n) is 4.84. The summed E-state index contributed by atoms with van der Waals surface area (Å²) in [6.45, 7) is 2.28. The zero-order valence-electron chi connectivity index (χ0n) is 19.1. The van der Waals surface area contributed by atoms with Gasteiger partial charge in [0.05, 0.1) is 40.2 Å². The summed E-state index contributed by atoms with van der Waals surface area (Å²) < 4.78 is 25.5. The molecule has 35 heavy (non-hydrogen) atoms. The fraction of sp³-hybridized carbons (Fsp3) is 0.435. The van der Waals surface area contributed by atoms with Gasteiger partial charge in [0, 0.05) is 18.9 Å². The molecule has 3 fully saturated rings. The van der Waals surface area contributed by atoms with E-state index >= 15 is 0 Å². The van der Waals surface area contributed by atoms with E-state index in [2.05, 4.69) is 25.2 Å². The Morgan fingerprint density at radius 1 is 1.20 bits per heavy atom. The van der Waals surface area contributed by atoms with Gasteiger partial charge in [-0.05, 0) is 44.7 Å². The van der Waals surface area contributed by atoms with Gasteiger partial charge in [0.15, 0.2) is 5.15 Å². The van der Waals surface area contributed by atoms with Gasteiger partial charge in [0.2, 0.25) is 11.8 Å². The molecule has 2 N–H and O–H groups in total. The van der Waals surface area contributed by atoms with Crippen molar-refractivity contribution in [2.24, 2.45) is 16.4 Å². The first-order valence-electron chi connectivity index (χ1n) is 11.4. The Balaban J connectivity index is 1.28. The Hall–Kier alpha value is -3.05. The molecule has 0 unspecified atom stereocenters. The molecule has 0 radical (unpaired) electrons. The topological polar surface area (TPSA) is 134 Å². The number of carbonyl (C=O) groups excluding carboxylic acids is 2. The summed E-state index contributed by atoms with van der Waals surface area (Å²) in [5.74, 6) is -0.649. The van der Waals surface area contributed by atoms with Crippen LogP contribution < -0.4 is 10.1 Å². The molecule has 3 aliphatic rings. The number of benzene rings is 1. The summed E-state index contributed by atoms with van der Waals surface area (Å²) in [6.07, 6.45) is 5.32. The molecule has 5 rings (SSSR count). The van der Waals surface area contributed by atoms with Crippen LogP contribution in [0.3, 0.4) is 0 Å². The van der Waals surface area contributed by atoms with Crippen molar-refractivity contribution in [1.82, 2.24) is 25.0 Å². The lowest BCUT2D eigenvalue weighted by atomic mass is 9.90. The predicted molar refractivity (Wildman–Crippen MR) is 128 cm³/mol. The molecule has 2 atom stereocenters. The van der Waals surface area contributed by atoms with E-state index in [1.165, 1.54) is 24.5 Å². The highest BCUT2D eigenvalue weighted by molar-refractivity contribution is 7.89. The summed E-state index contributed by atoms with van der Waals surface area (Å²) in [6, 6.07) is 6.17. The van der Waals surface area contributed by atoms with Crippen LogP contribution in [-0.4, -0.2) is 53.4 Å². The van der Waals surface area contributed by atoms with Gasteiger partial charge < -0.3 is 10.2 Å². The predicted octanol–water partition coefficient (Wildman–Crippen LogP) is 1.79. The number of nitrogens with one attached hydrogen (secondary N) is 2. The summed E-state index contributed by atoms with van der Waals surface area (Å²) in [4.78, 5) is 38.3. The van der Waals surface area contributed by atoms with Crippen molar-refractivity contribution >= 4 is 39.2 Å². The van der Waals surface area contributed by atoms with E-state index in [0.717, 1.165) is 5.56 Å². The van der Waals surface area contributed by atoms with Gasteiger partial charge in [-0.25, -0.2) is 9.82 Å². The van der Waals surface area contributed by atoms with Crippen molar-refractivity contribution in [2.45, 2.75) is 50.1 Å². The van der Waals surface area contributed by atoms with Crippen LogP contribution in [0.15, 0.2) is 46.7 Å². The molecular formula is C23H25ClN6O4S. The first kappa shape index (κ1) is 23.7. The van der Waals surface area contributed by atoms with Crippen molar-refractivity contribution in [2.75, 3.05) is 6.54 Å². The quantitative estimate of drug-likeness (QED) is 0.562. The number of carbonyl (C=O) groups is 2. The van der Waals surface area contributed by atoms with Crippen LogP contribution in [0.25, 0.3) is 0 Å². The van der Waals surface area contributed by atoms with Crippen molar-refractivity contribution in [3.8, 4) is 0 Å². The largest absolute Gasteiger partial charge is 0.350 e. The van der Waals surface area contributed by atoms with Crippen molar-refractivity contribution in [3.63, 3.8) is 0 Å². The number of rotatable bonds is 6. The second-order valence-corrected chi connectivity index (χ2v) is 11.3. The van der Waals surface area contributed by atoms with Crippen LogP contribution in [0.4, 0.5) is 0 Å². The molecule has 1 spiro atoms.